The molecule has 5 nitrogen and oxygen atoms in total. The van der Waals surface area contributed by atoms with Crippen LogP contribution < -0.4 is 5.32 Å². The van der Waals surface area contributed by atoms with Crippen molar-refractivity contribution in [2.24, 2.45) is 0 Å². The molecule has 106 valence electrons. The lowest BCUT2D eigenvalue weighted by atomic mass is 9.99. The van der Waals surface area contributed by atoms with Gasteiger partial charge in [-0.2, -0.15) is 0 Å². The third-order valence-corrected chi connectivity index (χ3v) is 3.88. The molecule has 1 aliphatic carbocycles. The zero-order chi connectivity index (χ0) is 13.9. The summed E-state index contributed by atoms with van der Waals surface area (Å²) < 4.78 is 10.2. The fraction of sp³-hybridized carbons (Fsp3) is 0.643. The monoisotopic (exact) mass is 267 g/mol. The Morgan fingerprint density at radius 1 is 1.53 bits per heavy atom. The van der Waals surface area contributed by atoms with Gasteiger partial charge >= 0.3 is 5.97 Å². The van der Waals surface area contributed by atoms with E-state index in [0.717, 1.165) is 25.7 Å². The van der Waals surface area contributed by atoms with Crippen molar-refractivity contribution in [2.45, 2.75) is 44.7 Å². The Morgan fingerprint density at radius 3 is 2.79 bits per heavy atom. The third-order valence-electron chi connectivity index (χ3n) is 3.88. The summed E-state index contributed by atoms with van der Waals surface area (Å²) in [5.74, 6) is 0.871. The van der Waals surface area contributed by atoms with E-state index in [4.69, 9.17) is 9.15 Å². The summed E-state index contributed by atoms with van der Waals surface area (Å²) in [6.07, 6.45) is 4.23. The van der Waals surface area contributed by atoms with Crippen molar-refractivity contribution in [1.29, 1.82) is 0 Å². The summed E-state index contributed by atoms with van der Waals surface area (Å²) in [6.45, 7) is 2.39. The summed E-state index contributed by atoms with van der Waals surface area (Å²) in [5.41, 5.74) is 0.273. The molecule has 1 fully saturated rings. The minimum absolute atomic E-state index is 0.135. The predicted octanol–water partition coefficient (Wildman–Crippen LogP) is 1.77. The largest absolute Gasteiger partial charge is 0.465 e. The molecule has 1 aliphatic rings. The first-order valence-corrected chi connectivity index (χ1v) is 6.64. The lowest BCUT2D eigenvalue weighted by Crippen LogP contribution is -2.45. The van der Waals surface area contributed by atoms with E-state index in [1.165, 1.54) is 7.11 Å². The first-order chi connectivity index (χ1) is 9.10. The first kappa shape index (κ1) is 14.1. The Labute approximate surface area is 112 Å². The summed E-state index contributed by atoms with van der Waals surface area (Å²) in [4.78, 5) is 11.5. The second-order valence-electron chi connectivity index (χ2n) is 5.17. The van der Waals surface area contributed by atoms with Crippen LogP contribution in [0.25, 0.3) is 0 Å². The highest BCUT2D eigenvalue weighted by atomic mass is 16.5. The molecule has 1 heterocycles. The van der Waals surface area contributed by atoms with E-state index < -0.39 is 0 Å². The number of esters is 1. The van der Waals surface area contributed by atoms with Crippen LogP contribution in [0.1, 0.15) is 47.6 Å². The van der Waals surface area contributed by atoms with Crippen LogP contribution in [0.15, 0.2) is 10.5 Å². The second-order valence-corrected chi connectivity index (χ2v) is 5.17. The molecule has 0 spiro atoms. The number of hydrogen-bond acceptors (Lipinski definition) is 5. The lowest BCUT2D eigenvalue weighted by Gasteiger charge is -2.27. The fourth-order valence-electron chi connectivity index (χ4n) is 2.66. The average molecular weight is 267 g/mol. The number of ether oxygens (including phenoxy) is 1. The molecular formula is C14H21NO4. The number of hydrogen-bond donors (Lipinski definition) is 2. The Morgan fingerprint density at radius 2 is 2.21 bits per heavy atom. The number of carbonyl (C=O) groups excluding carboxylic acids is 1. The zero-order valence-electron chi connectivity index (χ0n) is 11.5. The Bertz CT molecular complexity index is 446. The van der Waals surface area contributed by atoms with Gasteiger partial charge < -0.3 is 19.6 Å². The van der Waals surface area contributed by atoms with Gasteiger partial charge in [-0.05, 0) is 25.8 Å². The van der Waals surface area contributed by atoms with Gasteiger partial charge in [-0.1, -0.05) is 12.8 Å². The molecule has 0 aromatic carbocycles. The normalized spacial score (nSPS) is 17.6. The van der Waals surface area contributed by atoms with Gasteiger partial charge in [0.1, 0.15) is 17.1 Å². The van der Waals surface area contributed by atoms with Gasteiger partial charge in [0.2, 0.25) is 0 Å². The smallest absolute Gasteiger partial charge is 0.341 e. The number of rotatable bonds is 5. The van der Waals surface area contributed by atoms with Crippen molar-refractivity contribution >= 4 is 5.97 Å². The van der Waals surface area contributed by atoms with Crippen molar-refractivity contribution < 1.29 is 19.1 Å². The third kappa shape index (κ3) is 2.98. The standard InChI is InChI=1S/C14H21NO4/c1-10-12(13(17)18-2)7-11(19-10)8-15-14(9-16)5-3-4-6-14/h7,15-16H,3-6,8-9H2,1-2H3. The topological polar surface area (TPSA) is 71.7 Å². The summed E-state index contributed by atoms with van der Waals surface area (Å²) in [6, 6.07) is 1.70. The number of aliphatic hydroxyl groups excluding tert-OH is 1. The van der Waals surface area contributed by atoms with Crippen molar-refractivity contribution in [2.75, 3.05) is 13.7 Å². The molecule has 0 amide bonds. The van der Waals surface area contributed by atoms with Crippen molar-refractivity contribution in [3.63, 3.8) is 0 Å². The number of aliphatic hydroxyl groups is 1. The van der Waals surface area contributed by atoms with Crippen molar-refractivity contribution in [3.8, 4) is 0 Å². The Hall–Kier alpha value is -1.33. The quantitative estimate of drug-likeness (QED) is 0.795. The highest BCUT2D eigenvalue weighted by Crippen LogP contribution is 2.29. The van der Waals surface area contributed by atoms with Gasteiger partial charge in [-0.15, -0.1) is 0 Å². The molecule has 2 N–H and O–H groups in total. The zero-order valence-corrected chi connectivity index (χ0v) is 11.5. The minimum Gasteiger partial charge on any atom is -0.465 e. The molecule has 0 atom stereocenters. The van der Waals surface area contributed by atoms with Crippen LogP contribution in [-0.2, 0) is 11.3 Å². The minimum atomic E-state index is -0.384. The van der Waals surface area contributed by atoms with E-state index in [-0.39, 0.29) is 18.1 Å². The number of nitrogens with one attached hydrogen (secondary N) is 1. The summed E-state index contributed by atoms with van der Waals surface area (Å²) >= 11 is 0. The van der Waals surface area contributed by atoms with Gasteiger partial charge in [0.05, 0.1) is 20.3 Å². The number of carbonyl (C=O) groups is 1. The number of methoxy groups -OCH3 is 1. The molecule has 2 rings (SSSR count). The van der Waals surface area contributed by atoms with Crippen molar-refractivity contribution in [3.05, 3.63) is 23.2 Å². The van der Waals surface area contributed by atoms with Gasteiger partial charge in [-0.25, -0.2) is 4.79 Å². The maximum absolute atomic E-state index is 11.5. The Kier molecular flexibility index (Phi) is 4.27. The molecular weight excluding hydrogens is 246 g/mol. The van der Waals surface area contributed by atoms with E-state index in [2.05, 4.69) is 5.32 Å². The summed E-state index contributed by atoms with van der Waals surface area (Å²) in [5, 5.41) is 12.9. The van der Waals surface area contributed by atoms with Gasteiger partial charge in [0.25, 0.3) is 0 Å². The predicted molar refractivity (Wildman–Crippen MR) is 69.9 cm³/mol. The van der Waals surface area contributed by atoms with Gasteiger partial charge in [-0.3, -0.25) is 0 Å². The molecule has 0 aliphatic heterocycles. The van der Waals surface area contributed by atoms with Crippen LogP contribution in [0.4, 0.5) is 0 Å². The molecule has 0 bridgehead atoms. The highest BCUT2D eigenvalue weighted by Gasteiger charge is 2.32. The maximum atomic E-state index is 11.5. The van der Waals surface area contributed by atoms with Gasteiger partial charge in [0, 0.05) is 5.54 Å². The van der Waals surface area contributed by atoms with E-state index in [1.54, 1.807) is 13.0 Å². The number of aryl methyl sites for hydroxylation is 1. The lowest BCUT2D eigenvalue weighted by molar-refractivity contribution is 0.0599. The van der Waals surface area contributed by atoms with Crippen LogP contribution in [-0.4, -0.2) is 30.3 Å². The van der Waals surface area contributed by atoms with Crippen molar-refractivity contribution in [1.82, 2.24) is 5.32 Å². The van der Waals surface area contributed by atoms with Crippen LogP contribution in [0, 0.1) is 6.92 Å². The van der Waals surface area contributed by atoms with Crippen LogP contribution in [0.5, 0.6) is 0 Å². The van der Waals surface area contributed by atoms with E-state index in [9.17, 15) is 9.90 Å². The molecule has 1 saturated carbocycles. The average Bonchev–Trinajstić information content (AvgIpc) is 3.03. The van der Waals surface area contributed by atoms with E-state index in [1.807, 2.05) is 0 Å². The van der Waals surface area contributed by atoms with E-state index >= 15 is 0 Å². The van der Waals surface area contributed by atoms with Crippen LogP contribution in [0.3, 0.4) is 0 Å². The molecule has 1 aromatic rings. The second kappa shape index (κ2) is 5.75. The molecule has 5 heteroatoms. The first-order valence-electron chi connectivity index (χ1n) is 6.64. The Balaban J connectivity index is 2.02. The van der Waals surface area contributed by atoms with Crippen LogP contribution >= 0.6 is 0 Å². The molecule has 0 radical (unpaired) electrons. The molecule has 19 heavy (non-hydrogen) atoms. The molecule has 0 saturated heterocycles. The van der Waals surface area contributed by atoms with E-state index in [0.29, 0.717) is 23.6 Å². The fourth-order valence-corrected chi connectivity index (χ4v) is 2.66. The molecule has 1 aromatic heterocycles. The van der Waals surface area contributed by atoms with Gasteiger partial charge in [0.15, 0.2) is 0 Å². The highest BCUT2D eigenvalue weighted by molar-refractivity contribution is 5.90. The maximum Gasteiger partial charge on any atom is 0.341 e. The molecule has 0 unspecified atom stereocenters. The number of furan rings is 1. The summed E-state index contributed by atoms with van der Waals surface area (Å²) in [7, 11) is 1.35. The SMILES string of the molecule is COC(=O)c1cc(CNC2(CO)CCCC2)oc1C. The van der Waals surface area contributed by atoms with Crippen LogP contribution in [0.2, 0.25) is 0 Å².